The Hall–Kier alpha value is -3.97. The monoisotopic (exact) mass is 533 g/mol. The smallest absolute Gasteiger partial charge is 0.300 e. The van der Waals surface area contributed by atoms with Crippen LogP contribution in [0.2, 0.25) is 5.02 Å². The molecular formula is C30H32ClN3O4. The third-order valence-corrected chi connectivity index (χ3v) is 7.16. The van der Waals surface area contributed by atoms with Gasteiger partial charge in [0, 0.05) is 49.8 Å². The maximum Gasteiger partial charge on any atom is 0.300 e. The first-order valence-electron chi connectivity index (χ1n) is 12.5. The van der Waals surface area contributed by atoms with Gasteiger partial charge in [0.05, 0.1) is 23.7 Å². The highest BCUT2D eigenvalue weighted by molar-refractivity contribution is 6.51. The summed E-state index contributed by atoms with van der Waals surface area (Å²) in [5.41, 5.74) is 3.60. The van der Waals surface area contributed by atoms with Crippen molar-refractivity contribution in [3.8, 4) is 5.75 Å². The van der Waals surface area contributed by atoms with Crippen LogP contribution < -0.4 is 19.4 Å². The topological polar surface area (TPSA) is 73.3 Å². The van der Waals surface area contributed by atoms with E-state index in [9.17, 15) is 14.7 Å². The lowest BCUT2D eigenvalue weighted by molar-refractivity contribution is -0.132. The van der Waals surface area contributed by atoms with Crippen LogP contribution in [0.4, 0.5) is 17.1 Å². The number of ketones is 1. The molecule has 1 amide bonds. The molecule has 1 fully saturated rings. The molecule has 1 aliphatic heterocycles. The number of amides is 1. The summed E-state index contributed by atoms with van der Waals surface area (Å²) >= 11 is 6.18. The summed E-state index contributed by atoms with van der Waals surface area (Å²) in [6.45, 7) is 5.88. The summed E-state index contributed by atoms with van der Waals surface area (Å²) in [5, 5.41) is 11.8. The van der Waals surface area contributed by atoms with Crippen molar-refractivity contribution in [2.24, 2.45) is 0 Å². The second-order valence-corrected chi connectivity index (χ2v) is 9.60. The quantitative estimate of drug-likeness (QED) is 0.221. The molecule has 0 aromatic heterocycles. The molecule has 0 radical (unpaired) electrons. The first-order valence-corrected chi connectivity index (χ1v) is 12.9. The average molecular weight is 534 g/mol. The molecule has 1 aliphatic rings. The van der Waals surface area contributed by atoms with Crippen molar-refractivity contribution >= 4 is 46.1 Å². The van der Waals surface area contributed by atoms with E-state index in [4.69, 9.17) is 16.3 Å². The van der Waals surface area contributed by atoms with E-state index in [0.29, 0.717) is 27.6 Å². The molecule has 0 aliphatic carbocycles. The van der Waals surface area contributed by atoms with E-state index in [2.05, 4.69) is 18.7 Å². The van der Waals surface area contributed by atoms with Crippen LogP contribution in [-0.2, 0) is 9.59 Å². The minimum Gasteiger partial charge on any atom is -0.507 e. The minimum absolute atomic E-state index is 0.00616. The minimum atomic E-state index is -0.826. The largest absolute Gasteiger partial charge is 0.507 e. The molecule has 8 heteroatoms. The standard InChI is InChI=1S/C30H32ClN3O4/c1-6-33(7-2)22-11-8-19(9-12-22)27-26(28(35)20-10-17-24(31)25(18-20)38-5)29(36)30(37)34(27)23-15-13-21(14-16-23)32(3)4/h8-18,27,35H,6-7H2,1-5H3/b28-26-. The second kappa shape index (κ2) is 11.2. The first kappa shape index (κ1) is 27.1. The summed E-state index contributed by atoms with van der Waals surface area (Å²) in [7, 11) is 5.33. The van der Waals surface area contributed by atoms with E-state index in [-0.39, 0.29) is 11.3 Å². The van der Waals surface area contributed by atoms with Gasteiger partial charge in [-0.1, -0.05) is 23.7 Å². The molecule has 7 nitrogen and oxygen atoms in total. The molecule has 1 N–H and O–H groups in total. The van der Waals surface area contributed by atoms with Gasteiger partial charge >= 0.3 is 0 Å². The molecule has 38 heavy (non-hydrogen) atoms. The van der Waals surface area contributed by atoms with Crippen LogP contribution in [-0.4, -0.2) is 51.1 Å². The fourth-order valence-corrected chi connectivity index (χ4v) is 4.94. The van der Waals surface area contributed by atoms with E-state index in [1.54, 1.807) is 18.2 Å². The Morgan fingerprint density at radius 1 is 0.947 bits per heavy atom. The molecule has 3 aromatic rings. The highest BCUT2D eigenvalue weighted by Crippen LogP contribution is 2.43. The predicted molar refractivity (Wildman–Crippen MR) is 154 cm³/mol. The lowest BCUT2D eigenvalue weighted by Crippen LogP contribution is -2.29. The van der Waals surface area contributed by atoms with Crippen LogP contribution >= 0.6 is 11.6 Å². The van der Waals surface area contributed by atoms with Crippen LogP contribution in [0.25, 0.3) is 5.76 Å². The Labute approximate surface area is 228 Å². The number of methoxy groups -OCH3 is 1. The first-order chi connectivity index (χ1) is 18.2. The lowest BCUT2D eigenvalue weighted by atomic mass is 9.94. The molecule has 0 bridgehead atoms. The van der Waals surface area contributed by atoms with Gasteiger partial charge < -0.3 is 19.6 Å². The van der Waals surface area contributed by atoms with Crippen LogP contribution in [0, 0.1) is 0 Å². The molecule has 0 saturated carbocycles. The van der Waals surface area contributed by atoms with Gasteiger partial charge in [-0.3, -0.25) is 14.5 Å². The summed E-state index contributed by atoms with van der Waals surface area (Å²) in [6, 6.07) is 19.1. The zero-order valence-electron chi connectivity index (χ0n) is 22.2. The SMILES string of the molecule is CCN(CC)c1ccc(C2/C(=C(/O)c3ccc(Cl)c(OC)c3)C(=O)C(=O)N2c2ccc(N(C)C)cc2)cc1. The Morgan fingerprint density at radius 3 is 2.11 bits per heavy atom. The number of aliphatic hydroxyl groups is 1. The molecule has 1 heterocycles. The number of carbonyl (C=O) groups is 2. The molecule has 1 saturated heterocycles. The van der Waals surface area contributed by atoms with Crippen LogP contribution in [0.3, 0.4) is 0 Å². The van der Waals surface area contributed by atoms with Gasteiger partial charge in [0.2, 0.25) is 0 Å². The van der Waals surface area contributed by atoms with Gasteiger partial charge in [-0.2, -0.15) is 0 Å². The molecule has 1 atom stereocenters. The third kappa shape index (κ3) is 4.94. The number of benzene rings is 3. The number of hydrogen-bond donors (Lipinski definition) is 1. The zero-order chi connectivity index (χ0) is 27.6. The molecule has 0 spiro atoms. The number of anilines is 3. The maximum atomic E-state index is 13.5. The van der Waals surface area contributed by atoms with Crippen LogP contribution in [0.1, 0.15) is 31.0 Å². The van der Waals surface area contributed by atoms with E-state index < -0.39 is 17.7 Å². The molecule has 198 valence electrons. The lowest BCUT2D eigenvalue weighted by Gasteiger charge is -2.27. The van der Waals surface area contributed by atoms with Crippen LogP contribution in [0.15, 0.2) is 72.3 Å². The van der Waals surface area contributed by atoms with E-state index in [1.165, 1.54) is 12.0 Å². The van der Waals surface area contributed by atoms with Gasteiger partial charge in [-0.05, 0) is 74.0 Å². The van der Waals surface area contributed by atoms with Crippen LogP contribution in [0.5, 0.6) is 5.75 Å². The average Bonchev–Trinajstić information content (AvgIpc) is 3.19. The van der Waals surface area contributed by atoms with Crippen molar-refractivity contribution in [1.29, 1.82) is 0 Å². The molecular weight excluding hydrogens is 502 g/mol. The number of carbonyl (C=O) groups excluding carboxylic acids is 2. The van der Waals surface area contributed by atoms with E-state index >= 15 is 0 Å². The second-order valence-electron chi connectivity index (χ2n) is 9.19. The van der Waals surface area contributed by atoms with Gasteiger partial charge in [-0.15, -0.1) is 0 Å². The fourth-order valence-electron chi connectivity index (χ4n) is 4.74. The van der Waals surface area contributed by atoms with Gasteiger partial charge in [-0.25, -0.2) is 0 Å². The number of halogens is 1. The highest BCUT2D eigenvalue weighted by atomic mass is 35.5. The third-order valence-electron chi connectivity index (χ3n) is 6.85. The number of hydrogen-bond acceptors (Lipinski definition) is 6. The Morgan fingerprint density at radius 2 is 1.55 bits per heavy atom. The summed E-state index contributed by atoms with van der Waals surface area (Å²) in [4.78, 5) is 32.5. The van der Waals surface area contributed by atoms with E-state index in [0.717, 1.165) is 24.5 Å². The van der Waals surface area contributed by atoms with Crippen molar-refractivity contribution in [3.63, 3.8) is 0 Å². The van der Waals surface area contributed by atoms with Crippen molar-refractivity contribution in [2.45, 2.75) is 19.9 Å². The summed E-state index contributed by atoms with van der Waals surface area (Å²) in [6.07, 6.45) is 0. The van der Waals surface area contributed by atoms with Crippen molar-refractivity contribution in [1.82, 2.24) is 0 Å². The number of rotatable bonds is 8. The number of Topliss-reactive ketones (excluding diaryl/α,β-unsaturated/α-hetero) is 1. The van der Waals surface area contributed by atoms with Gasteiger partial charge in [0.1, 0.15) is 11.5 Å². The Kier molecular flexibility index (Phi) is 7.97. The Balaban J connectivity index is 1.90. The highest BCUT2D eigenvalue weighted by Gasteiger charge is 2.47. The van der Waals surface area contributed by atoms with Gasteiger partial charge in [0.15, 0.2) is 0 Å². The summed E-state index contributed by atoms with van der Waals surface area (Å²) in [5.74, 6) is -1.40. The molecule has 4 rings (SSSR count). The predicted octanol–water partition coefficient (Wildman–Crippen LogP) is 5.89. The number of ether oxygens (including phenoxy) is 1. The fraction of sp³-hybridized carbons (Fsp3) is 0.267. The van der Waals surface area contributed by atoms with E-state index in [1.807, 2.05) is 67.5 Å². The Bertz CT molecular complexity index is 1360. The summed E-state index contributed by atoms with van der Waals surface area (Å²) < 4.78 is 5.30. The molecule has 3 aromatic carbocycles. The maximum absolute atomic E-state index is 13.5. The molecule has 1 unspecified atom stereocenters. The van der Waals surface area contributed by atoms with Crippen molar-refractivity contribution < 1.29 is 19.4 Å². The zero-order valence-corrected chi connectivity index (χ0v) is 23.0. The normalized spacial score (nSPS) is 16.6. The van der Waals surface area contributed by atoms with Crippen molar-refractivity contribution in [3.05, 3.63) is 88.5 Å². The van der Waals surface area contributed by atoms with Crippen molar-refractivity contribution in [2.75, 3.05) is 49.0 Å². The number of aliphatic hydroxyl groups excluding tert-OH is 1. The number of nitrogens with zero attached hydrogens (tertiary/aromatic N) is 3. The van der Waals surface area contributed by atoms with Gasteiger partial charge in [0.25, 0.3) is 11.7 Å².